The lowest BCUT2D eigenvalue weighted by atomic mass is 9.98. The summed E-state index contributed by atoms with van der Waals surface area (Å²) < 4.78 is 10.5. The lowest BCUT2D eigenvalue weighted by Gasteiger charge is -2.25. The first-order chi connectivity index (χ1) is 9.12. The maximum atomic E-state index is 11.8. The smallest absolute Gasteiger partial charge is 0.329 e. The molecule has 0 bridgehead atoms. The Hall–Kier alpha value is -1.14. The first-order valence-electron chi connectivity index (χ1n) is 6.82. The van der Waals surface area contributed by atoms with Gasteiger partial charge in [0.25, 0.3) is 0 Å². The number of nitrogens with one attached hydrogen (secondary N) is 1. The molecule has 2 N–H and O–H groups in total. The molecule has 1 heterocycles. The van der Waals surface area contributed by atoms with E-state index in [1.165, 1.54) is 0 Å². The molecule has 1 aliphatic heterocycles. The van der Waals surface area contributed by atoms with Crippen molar-refractivity contribution in [2.45, 2.75) is 37.6 Å². The van der Waals surface area contributed by atoms with Gasteiger partial charge in [-0.3, -0.25) is 4.79 Å². The van der Waals surface area contributed by atoms with E-state index >= 15 is 0 Å². The highest BCUT2D eigenvalue weighted by atomic mass is 16.5. The summed E-state index contributed by atoms with van der Waals surface area (Å²) in [5.41, 5.74) is -1.07. The number of carbonyl (C=O) groups is 2. The number of carboxylic acids is 1. The van der Waals surface area contributed by atoms with Crippen molar-refractivity contribution < 1.29 is 24.2 Å². The van der Waals surface area contributed by atoms with Crippen molar-refractivity contribution in [2.24, 2.45) is 5.92 Å². The van der Waals surface area contributed by atoms with Gasteiger partial charge in [0.1, 0.15) is 12.1 Å². The fraction of sp³-hybridized carbons (Fsp3) is 0.846. The molecule has 2 fully saturated rings. The van der Waals surface area contributed by atoms with Gasteiger partial charge in [0.2, 0.25) is 5.91 Å². The Kier molecular flexibility index (Phi) is 4.76. The SMILES string of the molecule is O=C(COC[C@H]1CCOC1)NC1(C(=O)O)CCCC1. The van der Waals surface area contributed by atoms with E-state index in [1.807, 2.05) is 0 Å². The average molecular weight is 271 g/mol. The number of aliphatic carboxylic acids is 1. The zero-order valence-corrected chi connectivity index (χ0v) is 11.0. The van der Waals surface area contributed by atoms with Gasteiger partial charge in [0.15, 0.2) is 0 Å². The van der Waals surface area contributed by atoms with E-state index in [2.05, 4.69) is 5.32 Å². The third-order valence-corrected chi connectivity index (χ3v) is 3.86. The topological polar surface area (TPSA) is 84.9 Å². The Bertz CT molecular complexity index is 332. The van der Waals surface area contributed by atoms with Gasteiger partial charge >= 0.3 is 5.97 Å². The molecular weight excluding hydrogens is 250 g/mol. The molecule has 0 aromatic heterocycles. The minimum atomic E-state index is -1.07. The molecule has 108 valence electrons. The maximum Gasteiger partial charge on any atom is 0.329 e. The summed E-state index contributed by atoms with van der Waals surface area (Å²) >= 11 is 0. The second-order valence-corrected chi connectivity index (χ2v) is 5.39. The van der Waals surface area contributed by atoms with E-state index in [9.17, 15) is 14.7 Å². The van der Waals surface area contributed by atoms with Gasteiger partial charge < -0.3 is 19.9 Å². The van der Waals surface area contributed by atoms with Crippen LogP contribution in [0.4, 0.5) is 0 Å². The molecule has 19 heavy (non-hydrogen) atoms. The molecular formula is C13H21NO5. The Morgan fingerprint density at radius 1 is 1.37 bits per heavy atom. The molecule has 0 radical (unpaired) electrons. The molecule has 6 nitrogen and oxygen atoms in total. The summed E-state index contributed by atoms with van der Waals surface area (Å²) in [6, 6.07) is 0. The Labute approximate surface area is 112 Å². The number of carboxylic acid groups (broad SMARTS) is 1. The van der Waals surface area contributed by atoms with E-state index in [0.717, 1.165) is 25.9 Å². The standard InChI is InChI=1S/C13H21NO5/c15-11(9-19-8-10-3-6-18-7-10)14-13(12(16)17)4-1-2-5-13/h10H,1-9H2,(H,14,15)(H,16,17)/t10-/m0/s1. The van der Waals surface area contributed by atoms with Crippen molar-refractivity contribution in [3.8, 4) is 0 Å². The molecule has 0 aromatic rings. The highest BCUT2D eigenvalue weighted by molar-refractivity contribution is 5.87. The van der Waals surface area contributed by atoms with Crippen LogP contribution in [0.3, 0.4) is 0 Å². The summed E-state index contributed by atoms with van der Waals surface area (Å²) in [5.74, 6) is -0.932. The number of ether oxygens (including phenoxy) is 2. The van der Waals surface area contributed by atoms with E-state index < -0.39 is 11.5 Å². The first kappa shape index (κ1) is 14.3. The lowest BCUT2D eigenvalue weighted by Crippen LogP contribution is -2.53. The molecule has 0 spiro atoms. The van der Waals surface area contributed by atoms with Crippen molar-refractivity contribution in [3.63, 3.8) is 0 Å². The molecule has 1 saturated heterocycles. The lowest BCUT2D eigenvalue weighted by molar-refractivity contribution is -0.148. The summed E-state index contributed by atoms with van der Waals surface area (Å²) in [6.07, 6.45) is 3.65. The molecule has 0 unspecified atom stereocenters. The summed E-state index contributed by atoms with van der Waals surface area (Å²) in [5, 5.41) is 11.9. The van der Waals surface area contributed by atoms with Crippen LogP contribution in [0.1, 0.15) is 32.1 Å². The van der Waals surface area contributed by atoms with E-state index in [-0.39, 0.29) is 12.5 Å². The zero-order chi connectivity index (χ0) is 13.7. The summed E-state index contributed by atoms with van der Waals surface area (Å²) in [4.78, 5) is 23.0. The molecule has 1 aliphatic carbocycles. The van der Waals surface area contributed by atoms with Gasteiger partial charge in [-0.2, -0.15) is 0 Å². The first-order valence-corrected chi connectivity index (χ1v) is 6.82. The zero-order valence-electron chi connectivity index (χ0n) is 11.0. The monoisotopic (exact) mass is 271 g/mol. The van der Waals surface area contributed by atoms with E-state index in [0.29, 0.717) is 32.0 Å². The Morgan fingerprint density at radius 3 is 2.68 bits per heavy atom. The van der Waals surface area contributed by atoms with Gasteiger partial charge in [-0.25, -0.2) is 4.79 Å². The normalized spacial score (nSPS) is 25.4. The second-order valence-electron chi connectivity index (χ2n) is 5.39. The third-order valence-electron chi connectivity index (χ3n) is 3.86. The number of rotatable bonds is 6. The van der Waals surface area contributed by atoms with Gasteiger partial charge in [0.05, 0.1) is 13.2 Å². The van der Waals surface area contributed by atoms with Crippen LogP contribution < -0.4 is 5.32 Å². The van der Waals surface area contributed by atoms with Crippen LogP contribution in [0.5, 0.6) is 0 Å². The summed E-state index contributed by atoms with van der Waals surface area (Å²) in [7, 11) is 0. The van der Waals surface area contributed by atoms with Crippen molar-refractivity contribution in [3.05, 3.63) is 0 Å². The van der Waals surface area contributed by atoms with E-state index in [1.54, 1.807) is 0 Å². The number of hydrogen-bond donors (Lipinski definition) is 2. The van der Waals surface area contributed by atoms with Gasteiger partial charge in [0, 0.05) is 12.5 Å². The van der Waals surface area contributed by atoms with Gasteiger partial charge in [-0.1, -0.05) is 12.8 Å². The molecule has 2 rings (SSSR count). The molecule has 6 heteroatoms. The Morgan fingerprint density at radius 2 is 2.11 bits per heavy atom. The van der Waals surface area contributed by atoms with E-state index in [4.69, 9.17) is 9.47 Å². The molecule has 1 atom stereocenters. The maximum absolute atomic E-state index is 11.8. The molecule has 0 aromatic carbocycles. The van der Waals surface area contributed by atoms with Crippen molar-refractivity contribution in [2.75, 3.05) is 26.4 Å². The van der Waals surface area contributed by atoms with Crippen LogP contribution in [-0.2, 0) is 19.1 Å². The highest BCUT2D eigenvalue weighted by Crippen LogP contribution is 2.29. The Balaban J connectivity index is 1.72. The van der Waals surface area contributed by atoms with Crippen LogP contribution in [0.15, 0.2) is 0 Å². The highest BCUT2D eigenvalue weighted by Gasteiger charge is 2.42. The van der Waals surface area contributed by atoms with Crippen molar-refractivity contribution >= 4 is 11.9 Å². The molecule has 1 saturated carbocycles. The third kappa shape index (κ3) is 3.67. The predicted octanol–water partition coefficient (Wildman–Crippen LogP) is 0.553. The number of hydrogen-bond acceptors (Lipinski definition) is 4. The molecule has 2 aliphatic rings. The van der Waals surface area contributed by atoms with Crippen LogP contribution in [-0.4, -0.2) is 48.9 Å². The minimum Gasteiger partial charge on any atom is -0.480 e. The van der Waals surface area contributed by atoms with Gasteiger partial charge in [-0.15, -0.1) is 0 Å². The second kappa shape index (κ2) is 6.34. The average Bonchev–Trinajstić information content (AvgIpc) is 3.00. The summed E-state index contributed by atoms with van der Waals surface area (Å²) in [6.45, 7) is 1.85. The van der Waals surface area contributed by atoms with Crippen LogP contribution in [0, 0.1) is 5.92 Å². The van der Waals surface area contributed by atoms with Crippen molar-refractivity contribution in [1.82, 2.24) is 5.32 Å². The fourth-order valence-electron chi connectivity index (χ4n) is 2.71. The number of amides is 1. The quantitative estimate of drug-likeness (QED) is 0.737. The van der Waals surface area contributed by atoms with Crippen LogP contribution in [0.2, 0.25) is 0 Å². The van der Waals surface area contributed by atoms with Crippen LogP contribution >= 0.6 is 0 Å². The van der Waals surface area contributed by atoms with Gasteiger partial charge in [-0.05, 0) is 19.3 Å². The van der Waals surface area contributed by atoms with Crippen LogP contribution in [0.25, 0.3) is 0 Å². The fourth-order valence-corrected chi connectivity index (χ4v) is 2.71. The predicted molar refractivity (Wildman–Crippen MR) is 66.7 cm³/mol. The molecule has 1 amide bonds. The minimum absolute atomic E-state index is 0.0778. The largest absolute Gasteiger partial charge is 0.480 e. The number of carbonyl (C=O) groups excluding carboxylic acids is 1. The van der Waals surface area contributed by atoms with Crippen molar-refractivity contribution in [1.29, 1.82) is 0 Å².